The molecule has 0 amide bonds. The van der Waals surface area contributed by atoms with Gasteiger partial charge in [-0.05, 0) is 32.5 Å². The predicted octanol–water partition coefficient (Wildman–Crippen LogP) is 1.68. The van der Waals surface area contributed by atoms with E-state index in [4.69, 9.17) is 0 Å². The van der Waals surface area contributed by atoms with Gasteiger partial charge in [0.05, 0.1) is 0 Å². The molecule has 0 unspecified atom stereocenters. The molecule has 0 aromatic heterocycles. The van der Waals surface area contributed by atoms with Gasteiger partial charge in [0.15, 0.2) is 0 Å². The molecule has 0 aliphatic heterocycles. The fraction of sp³-hybridized carbons (Fsp3) is 0.889. The van der Waals surface area contributed by atoms with Gasteiger partial charge in [-0.25, -0.2) is 0 Å². The first-order valence-electron chi connectivity index (χ1n) is 4.36. The van der Waals surface area contributed by atoms with Crippen LogP contribution in [0.3, 0.4) is 0 Å². The summed E-state index contributed by atoms with van der Waals surface area (Å²) in [6, 6.07) is 0. The van der Waals surface area contributed by atoms with Crippen LogP contribution in [0.5, 0.6) is 0 Å². The van der Waals surface area contributed by atoms with Crippen molar-refractivity contribution in [2.75, 3.05) is 19.6 Å². The van der Waals surface area contributed by atoms with Crippen molar-refractivity contribution in [3.8, 4) is 0 Å². The molecule has 63 valence electrons. The third-order valence-electron chi connectivity index (χ3n) is 1.75. The summed E-state index contributed by atoms with van der Waals surface area (Å²) in [4.78, 5) is 2.45. The zero-order valence-corrected chi connectivity index (χ0v) is 7.40. The van der Waals surface area contributed by atoms with E-state index in [1.807, 2.05) is 0 Å². The van der Waals surface area contributed by atoms with Gasteiger partial charge in [0.2, 0.25) is 0 Å². The number of nitrogens with zero attached hydrogens (tertiary/aromatic N) is 1. The predicted molar refractivity (Wildman–Crippen MR) is 54.1 cm³/mol. The van der Waals surface area contributed by atoms with Crippen LogP contribution in [0.25, 0.3) is 0 Å². The number of hydrogen-bond donors (Lipinski definition) is 0. The van der Waals surface area contributed by atoms with Gasteiger partial charge in [-0.15, -0.1) is 0 Å². The first kappa shape index (κ1) is 14.1. The van der Waals surface area contributed by atoms with Crippen LogP contribution < -0.4 is 0 Å². The Balaban J connectivity index is 0. The molecule has 0 fully saturated rings. The van der Waals surface area contributed by atoms with Crippen LogP contribution in [-0.2, 0) is 0 Å². The van der Waals surface area contributed by atoms with Gasteiger partial charge in [-0.1, -0.05) is 27.2 Å². The van der Waals surface area contributed by atoms with Crippen molar-refractivity contribution in [1.29, 1.82) is 0 Å². The van der Waals surface area contributed by atoms with E-state index in [1.54, 1.807) is 0 Å². The van der Waals surface area contributed by atoms with Crippen molar-refractivity contribution in [3.63, 3.8) is 0 Å². The zero-order chi connectivity index (χ0) is 7.82. The second-order valence-electron chi connectivity index (χ2n) is 2.64. The normalized spacial score (nSPS) is 9.82. The molecule has 0 heterocycles. The average Bonchev–Trinajstić information content (AvgIpc) is 1.98. The molecule has 0 aromatic carbocycles. The van der Waals surface area contributed by atoms with Crippen molar-refractivity contribution in [3.05, 3.63) is 6.92 Å². The Labute approximate surface area is 83.7 Å². The number of rotatable bonds is 6. The van der Waals surface area contributed by atoms with Crippen LogP contribution in [0.2, 0.25) is 0 Å². The van der Waals surface area contributed by atoms with Gasteiger partial charge in [0.25, 0.3) is 0 Å². The summed E-state index contributed by atoms with van der Waals surface area (Å²) >= 11 is 0. The van der Waals surface area contributed by atoms with Crippen molar-refractivity contribution in [2.45, 2.75) is 33.1 Å². The van der Waals surface area contributed by atoms with Gasteiger partial charge in [0, 0.05) is 0 Å². The molecule has 0 aliphatic carbocycles. The van der Waals surface area contributed by atoms with E-state index < -0.39 is 0 Å². The summed E-state index contributed by atoms with van der Waals surface area (Å²) in [6.45, 7) is 11.9. The minimum atomic E-state index is 0. The van der Waals surface area contributed by atoms with E-state index in [0.717, 1.165) is 13.0 Å². The third kappa shape index (κ3) is 8.46. The quantitative estimate of drug-likeness (QED) is 0.521. The Bertz CT molecular complexity index is 66.6. The molecule has 0 saturated carbocycles. The topological polar surface area (TPSA) is 3.24 Å². The molecule has 0 spiro atoms. The Morgan fingerprint density at radius 2 is 1.82 bits per heavy atom. The Hall–Kier alpha value is 0.557. The van der Waals surface area contributed by atoms with Crippen molar-refractivity contribution in [2.24, 2.45) is 0 Å². The van der Waals surface area contributed by atoms with E-state index in [1.165, 1.54) is 25.9 Å². The summed E-state index contributed by atoms with van der Waals surface area (Å²) in [5, 5.41) is 0. The van der Waals surface area contributed by atoms with Crippen LogP contribution in [0.1, 0.15) is 33.1 Å². The second kappa shape index (κ2) is 10.6. The van der Waals surface area contributed by atoms with Gasteiger partial charge >= 0.3 is 18.9 Å². The van der Waals surface area contributed by atoms with E-state index in [0.29, 0.717) is 0 Å². The van der Waals surface area contributed by atoms with Crippen molar-refractivity contribution < 1.29 is 0 Å². The molecule has 0 aliphatic rings. The molecule has 0 atom stereocenters. The zero-order valence-electron chi connectivity index (χ0n) is 7.40. The fourth-order valence-corrected chi connectivity index (χ4v) is 1.03. The number of hydrogen-bond acceptors (Lipinski definition) is 1. The maximum atomic E-state index is 3.84. The number of unbranched alkanes of at least 4 members (excludes halogenated alkanes) is 1. The van der Waals surface area contributed by atoms with Gasteiger partial charge in [-0.2, -0.15) is 0 Å². The van der Waals surface area contributed by atoms with Gasteiger partial charge in [-0.3, -0.25) is 0 Å². The van der Waals surface area contributed by atoms with E-state index in [2.05, 4.69) is 25.7 Å². The maximum absolute atomic E-state index is 3.84. The summed E-state index contributed by atoms with van der Waals surface area (Å²) in [5.74, 6) is 0. The fourth-order valence-electron chi connectivity index (χ4n) is 1.03. The Morgan fingerprint density at radius 3 is 2.18 bits per heavy atom. The third-order valence-corrected chi connectivity index (χ3v) is 1.75. The van der Waals surface area contributed by atoms with Crippen molar-refractivity contribution >= 4 is 18.9 Å². The molecular weight excluding hydrogens is 129 g/mol. The second-order valence-corrected chi connectivity index (χ2v) is 2.64. The molecule has 0 saturated heterocycles. The Morgan fingerprint density at radius 1 is 1.18 bits per heavy atom. The van der Waals surface area contributed by atoms with Crippen molar-refractivity contribution in [1.82, 2.24) is 4.90 Å². The summed E-state index contributed by atoms with van der Waals surface area (Å²) in [7, 11) is 0. The monoisotopic (exact) mass is 150 g/mol. The molecule has 0 rings (SSSR count). The minimum absolute atomic E-state index is 0. The first-order valence-corrected chi connectivity index (χ1v) is 4.36. The molecule has 2 heteroatoms. The molecule has 11 heavy (non-hydrogen) atoms. The molecule has 1 nitrogen and oxygen atoms in total. The molecule has 0 bridgehead atoms. The van der Waals surface area contributed by atoms with Crippen LogP contribution in [0.15, 0.2) is 0 Å². The van der Waals surface area contributed by atoms with Crippen LogP contribution in [0.4, 0.5) is 0 Å². The molecular formula is C9H21LiN. The summed E-state index contributed by atoms with van der Waals surface area (Å²) in [5.41, 5.74) is 0. The molecule has 1 radical (unpaired) electrons. The van der Waals surface area contributed by atoms with E-state index in [-0.39, 0.29) is 18.9 Å². The van der Waals surface area contributed by atoms with Gasteiger partial charge < -0.3 is 4.90 Å². The molecule has 0 aromatic rings. The first-order chi connectivity index (χ1) is 4.85. The van der Waals surface area contributed by atoms with E-state index in [9.17, 15) is 0 Å². The van der Waals surface area contributed by atoms with E-state index >= 15 is 0 Å². The van der Waals surface area contributed by atoms with Gasteiger partial charge in [0.1, 0.15) is 0 Å². The summed E-state index contributed by atoms with van der Waals surface area (Å²) in [6.07, 6.45) is 3.67. The van der Waals surface area contributed by atoms with Crippen LogP contribution in [0, 0.1) is 6.92 Å². The standard InChI is InChI=1S/C9H20N.Li.H/c1-4-7-9-10(6-3)8-5-2;;/h2,4-9H2,1,3H3;;. The summed E-state index contributed by atoms with van der Waals surface area (Å²) < 4.78 is 0. The van der Waals surface area contributed by atoms with Crippen LogP contribution >= 0.6 is 0 Å². The molecule has 0 N–H and O–H groups in total. The van der Waals surface area contributed by atoms with Crippen LogP contribution in [-0.4, -0.2) is 43.4 Å². The Kier molecular flexibility index (Phi) is 13.5. The average molecular weight is 150 g/mol. The SMILES string of the molecule is [CH2]CCN(CC)CCCC.[LiH].